The summed E-state index contributed by atoms with van der Waals surface area (Å²) < 4.78 is 5.39. The van der Waals surface area contributed by atoms with Crippen molar-refractivity contribution >= 4 is 41.6 Å². The van der Waals surface area contributed by atoms with E-state index in [2.05, 4.69) is 10.3 Å². The van der Waals surface area contributed by atoms with Crippen LogP contribution in [0.3, 0.4) is 0 Å². The number of carbonyl (C=O) groups is 1. The molecule has 1 aromatic rings. The van der Waals surface area contributed by atoms with E-state index in [0.717, 1.165) is 12.0 Å². The van der Waals surface area contributed by atoms with E-state index in [4.69, 9.17) is 27.9 Å². The fourth-order valence-corrected chi connectivity index (χ4v) is 3.45. The Bertz CT molecular complexity index is 488. The van der Waals surface area contributed by atoms with Crippen LogP contribution in [0.25, 0.3) is 0 Å². The van der Waals surface area contributed by atoms with Gasteiger partial charge in [0, 0.05) is 0 Å². The summed E-state index contributed by atoms with van der Waals surface area (Å²) in [5.41, 5.74) is 0.742. The van der Waals surface area contributed by atoms with E-state index in [0.29, 0.717) is 16.2 Å². The summed E-state index contributed by atoms with van der Waals surface area (Å²) in [5, 5.41) is 3.66. The maximum atomic E-state index is 12.2. The number of nitrogens with zero attached hydrogens (tertiary/aromatic N) is 1. The van der Waals surface area contributed by atoms with E-state index >= 15 is 0 Å². The second-order valence-electron chi connectivity index (χ2n) is 5.81. The van der Waals surface area contributed by atoms with Gasteiger partial charge in [-0.15, -0.1) is 12.4 Å². The van der Waals surface area contributed by atoms with Crippen LogP contribution >= 0.6 is 35.6 Å². The summed E-state index contributed by atoms with van der Waals surface area (Å²) in [4.78, 5) is 16.1. The first-order valence-electron chi connectivity index (χ1n) is 7.74. The molecule has 1 aliphatic carbocycles. The van der Waals surface area contributed by atoms with Crippen molar-refractivity contribution in [2.45, 2.75) is 51.2 Å². The number of nitrogens with one attached hydrogen (secondary N) is 1. The molecule has 1 aromatic heterocycles. The molecule has 0 amide bonds. The maximum Gasteiger partial charge on any atom is 0.323 e. The van der Waals surface area contributed by atoms with Crippen LogP contribution in [0.5, 0.6) is 0 Å². The minimum absolute atomic E-state index is 0. The third kappa shape index (κ3) is 6.84. The predicted molar refractivity (Wildman–Crippen MR) is 95.3 cm³/mol. The minimum Gasteiger partial charge on any atom is -0.460 e. The zero-order chi connectivity index (χ0) is 15.9. The van der Waals surface area contributed by atoms with Crippen LogP contribution in [0.1, 0.15) is 44.1 Å². The molecule has 0 aromatic carbocycles. The van der Waals surface area contributed by atoms with Crippen molar-refractivity contribution in [3.8, 4) is 0 Å². The van der Waals surface area contributed by atoms with Crippen LogP contribution in [-0.2, 0) is 16.1 Å². The average Bonchev–Trinajstić information content (AvgIpc) is 2.50. The zero-order valence-electron chi connectivity index (χ0n) is 13.2. The summed E-state index contributed by atoms with van der Waals surface area (Å²) in [6.07, 6.45) is 7.11. The number of rotatable bonds is 6. The van der Waals surface area contributed by atoms with Gasteiger partial charge in [0.05, 0.1) is 0 Å². The molecule has 2 rings (SSSR count). The summed E-state index contributed by atoms with van der Waals surface area (Å²) in [6.45, 7) is 0.156. The molecular formula is C16H23Cl3N2O2. The molecule has 0 aliphatic heterocycles. The lowest BCUT2D eigenvalue weighted by Gasteiger charge is -2.25. The number of hydrogen-bond donors (Lipinski definition) is 1. The summed E-state index contributed by atoms with van der Waals surface area (Å²) in [7, 11) is 1.80. The first-order chi connectivity index (χ1) is 10.6. The molecule has 4 nitrogen and oxygen atoms in total. The molecule has 1 fully saturated rings. The number of pyridine rings is 1. The number of hydrogen-bond acceptors (Lipinski definition) is 4. The Morgan fingerprint density at radius 3 is 2.48 bits per heavy atom. The number of esters is 1. The molecule has 1 saturated carbocycles. The van der Waals surface area contributed by atoms with Gasteiger partial charge in [-0.1, -0.05) is 55.3 Å². The van der Waals surface area contributed by atoms with Gasteiger partial charge >= 0.3 is 5.97 Å². The van der Waals surface area contributed by atoms with Crippen molar-refractivity contribution in [1.29, 1.82) is 0 Å². The third-order valence-corrected chi connectivity index (χ3v) is 4.52. The highest BCUT2D eigenvalue weighted by atomic mass is 35.5. The Kier molecular flexibility index (Phi) is 9.22. The summed E-state index contributed by atoms with van der Waals surface area (Å²) in [6, 6.07) is 3.04. The van der Waals surface area contributed by atoms with Crippen molar-refractivity contribution in [2.24, 2.45) is 5.92 Å². The Labute approximate surface area is 153 Å². The highest BCUT2D eigenvalue weighted by molar-refractivity contribution is 6.32. The van der Waals surface area contributed by atoms with Crippen LogP contribution in [0, 0.1) is 5.92 Å². The smallest absolute Gasteiger partial charge is 0.323 e. The molecular weight excluding hydrogens is 359 g/mol. The van der Waals surface area contributed by atoms with Gasteiger partial charge in [0.2, 0.25) is 0 Å². The van der Waals surface area contributed by atoms with Crippen molar-refractivity contribution < 1.29 is 9.53 Å². The number of halogens is 3. The van der Waals surface area contributed by atoms with E-state index < -0.39 is 0 Å². The van der Waals surface area contributed by atoms with Gasteiger partial charge in [-0.2, -0.15) is 0 Å². The highest BCUT2D eigenvalue weighted by Gasteiger charge is 2.24. The lowest BCUT2D eigenvalue weighted by Crippen LogP contribution is -2.37. The van der Waals surface area contributed by atoms with Crippen molar-refractivity contribution in [1.82, 2.24) is 10.3 Å². The summed E-state index contributed by atoms with van der Waals surface area (Å²) >= 11 is 11.7. The van der Waals surface area contributed by atoms with Gasteiger partial charge in [0.15, 0.2) is 0 Å². The van der Waals surface area contributed by atoms with Crippen LogP contribution in [-0.4, -0.2) is 24.0 Å². The number of aromatic nitrogens is 1. The number of carbonyl (C=O) groups excluding carboxylic acids is 1. The topological polar surface area (TPSA) is 51.2 Å². The lowest BCUT2D eigenvalue weighted by atomic mass is 9.85. The largest absolute Gasteiger partial charge is 0.460 e. The number of ether oxygens (including phenoxy) is 1. The third-order valence-electron chi connectivity index (χ3n) is 4.13. The van der Waals surface area contributed by atoms with E-state index in [-0.39, 0.29) is 31.0 Å². The van der Waals surface area contributed by atoms with Crippen molar-refractivity contribution in [2.75, 3.05) is 7.05 Å². The molecule has 130 valence electrons. The van der Waals surface area contributed by atoms with E-state index in [1.54, 1.807) is 19.2 Å². The van der Waals surface area contributed by atoms with Gasteiger partial charge in [0.25, 0.3) is 0 Å². The molecule has 7 heteroatoms. The van der Waals surface area contributed by atoms with Gasteiger partial charge in [-0.3, -0.25) is 4.79 Å². The minimum atomic E-state index is -0.254. The van der Waals surface area contributed by atoms with Crippen molar-refractivity contribution in [3.05, 3.63) is 28.0 Å². The second kappa shape index (κ2) is 10.3. The summed E-state index contributed by atoms with van der Waals surface area (Å²) in [5.74, 6) is 0.390. The Morgan fingerprint density at radius 2 is 1.91 bits per heavy atom. The molecule has 0 unspecified atom stereocenters. The molecule has 1 heterocycles. The van der Waals surface area contributed by atoms with Crippen LogP contribution in [0.2, 0.25) is 10.3 Å². The first-order valence-corrected chi connectivity index (χ1v) is 8.50. The molecule has 1 aliphatic rings. The second-order valence-corrected chi connectivity index (χ2v) is 6.58. The molecule has 0 bridgehead atoms. The number of likely N-dealkylation sites (N-methyl/N-ethyl adjacent to an activating group) is 1. The standard InChI is InChI=1S/C16H22Cl2N2O2.ClH/c1-19-13(7-11-5-3-2-4-6-11)16(21)22-10-12-8-14(17)20-15(18)9-12;/h8-9,11,13,19H,2-7,10H2,1H3;1H/t13-;/m0./s1. The quantitative estimate of drug-likeness (QED) is 0.585. The van der Waals surface area contributed by atoms with E-state index in [1.807, 2.05) is 0 Å². The van der Waals surface area contributed by atoms with Crippen LogP contribution in [0.4, 0.5) is 0 Å². The van der Waals surface area contributed by atoms with Crippen LogP contribution < -0.4 is 5.32 Å². The zero-order valence-corrected chi connectivity index (χ0v) is 15.5. The fraction of sp³-hybridized carbons (Fsp3) is 0.625. The molecule has 1 atom stereocenters. The lowest BCUT2D eigenvalue weighted by molar-refractivity contribution is -0.148. The molecule has 1 N–H and O–H groups in total. The molecule has 0 saturated heterocycles. The van der Waals surface area contributed by atoms with Gasteiger partial charge in [-0.05, 0) is 37.1 Å². The normalized spacial score (nSPS) is 16.5. The van der Waals surface area contributed by atoms with Crippen LogP contribution in [0.15, 0.2) is 12.1 Å². The van der Waals surface area contributed by atoms with E-state index in [1.165, 1.54) is 32.1 Å². The predicted octanol–water partition coefficient (Wildman–Crippen LogP) is 4.41. The molecule has 23 heavy (non-hydrogen) atoms. The van der Waals surface area contributed by atoms with Gasteiger partial charge < -0.3 is 10.1 Å². The molecule has 0 spiro atoms. The highest BCUT2D eigenvalue weighted by Crippen LogP contribution is 2.27. The van der Waals surface area contributed by atoms with Crippen molar-refractivity contribution in [3.63, 3.8) is 0 Å². The van der Waals surface area contributed by atoms with E-state index in [9.17, 15) is 4.79 Å². The Balaban J connectivity index is 0.00000264. The van der Waals surface area contributed by atoms with Gasteiger partial charge in [0.1, 0.15) is 23.0 Å². The monoisotopic (exact) mass is 380 g/mol. The average molecular weight is 382 g/mol. The Hall–Kier alpha value is -0.550. The SMILES string of the molecule is CN[C@@H](CC1CCCCC1)C(=O)OCc1cc(Cl)nc(Cl)c1.Cl. The first kappa shape index (κ1) is 20.5. The molecule has 0 radical (unpaired) electrons. The maximum absolute atomic E-state index is 12.2. The van der Waals surface area contributed by atoms with Gasteiger partial charge in [-0.25, -0.2) is 4.98 Å². The fourth-order valence-electron chi connectivity index (χ4n) is 2.94. The Morgan fingerprint density at radius 1 is 1.30 bits per heavy atom.